The Hall–Kier alpha value is -1.84. The first-order valence-corrected chi connectivity index (χ1v) is 7.11. The van der Waals surface area contributed by atoms with Gasteiger partial charge in [-0.25, -0.2) is 4.39 Å². The fourth-order valence-electron chi connectivity index (χ4n) is 2.53. The fraction of sp³-hybridized carbons (Fsp3) is 0.176. The second-order valence-electron chi connectivity index (χ2n) is 5.17. The molecular formula is C17H15ClFNO. The van der Waals surface area contributed by atoms with Gasteiger partial charge in [-0.2, -0.15) is 0 Å². The second kappa shape index (κ2) is 5.51. The molecule has 3 rings (SSSR count). The first-order chi connectivity index (χ1) is 10.0. The number of fused-ring (bicyclic) bond motifs is 1. The summed E-state index contributed by atoms with van der Waals surface area (Å²) >= 11 is 5.87. The van der Waals surface area contributed by atoms with E-state index in [1.165, 1.54) is 12.1 Å². The van der Waals surface area contributed by atoms with Crippen LogP contribution in [-0.2, 0) is 6.42 Å². The number of benzene rings is 2. The third kappa shape index (κ3) is 2.80. The minimum absolute atomic E-state index is 0.274. The van der Waals surface area contributed by atoms with E-state index >= 15 is 0 Å². The maximum Gasteiger partial charge on any atom is 0.134 e. The maximum absolute atomic E-state index is 13.3. The number of nitrogens with two attached hydrogens (primary N) is 1. The molecule has 0 radical (unpaired) electrons. The van der Waals surface area contributed by atoms with E-state index in [1.807, 2.05) is 31.2 Å². The summed E-state index contributed by atoms with van der Waals surface area (Å²) in [5.74, 6) is 0.426. The highest BCUT2D eigenvalue weighted by molar-refractivity contribution is 6.30. The fourth-order valence-corrected chi connectivity index (χ4v) is 2.66. The van der Waals surface area contributed by atoms with Crippen molar-refractivity contribution in [3.63, 3.8) is 0 Å². The van der Waals surface area contributed by atoms with Gasteiger partial charge in [-0.15, -0.1) is 0 Å². The molecule has 2 nitrogen and oxygen atoms in total. The van der Waals surface area contributed by atoms with Gasteiger partial charge in [-0.05, 0) is 49.2 Å². The molecule has 0 amide bonds. The molecule has 1 heterocycles. The van der Waals surface area contributed by atoms with E-state index in [-0.39, 0.29) is 11.9 Å². The zero-order chi connectivity index (χ0) is 15.0. The highest BCUT2D eigenvalue weighted by Gasteiger charge is 2.17. The lowest BCUT2D eigenvalue weighted by Gasteiger charge is -2.10. The Bertz CT molecular complexity index is 779. The highest BCUT2D eigenvalue weighted by Crippen LogP contribution is 2.30. The molecule has 2 aromatic carbocycles. The lowest BCUT2D eigenvalue weighted by molar-refractivity contribution is 0.490. The molecule has 3 aromatic rings. The van der Waals surface area contributed by atoms with Crippen molar-refractivity contribution in [2.24, 2.45) is 5.73 Å². The number of halogens is 2. The van der Waals surface area contributed by atoms with E-state index in [0.717, 1.165) is 16.5 Å². The average Bonchev–Trinajstić information content (AvgIpc) is 2.79. The Morgan fingerprint density at radius 1 is 1.19 bits per heavy atom. The Morgan fingerprint density at radius 3 is 2.62 bits per heavy atom. The quantitative estimate of drug-likeness (QED) is 0.756. The van der Waals surface area contributed by atoms with Crippen LogP contribution in [0, 0.1) is 12.7 Å². The van der Waals surface area contributed by atoms with Crippen molar-refractivity contribution in [3.8, 4) is 0 Å². The van der Waals surface area contributed by atoms with Gasteiger partial charge in [-0.1, -0.05) is 23.7 Å². The molecule has 2 N–H and O–H groups in total. The Labute approximate surface area is 127 Å². The van der Waals surface area contributed by atoms with Gasteiger partial charge in [0.05, 0.1) is 6.04 Å². The molecule has 0 saturated heterocycles. The van der Waals surface area contributed by atoms with E-state index in [2.05, 4.69) is 0 Å². The van der Waals surface area contributed by atoms with Crippen molar-refractivity contribution in [3.05, 3.63) is 70.2 Å². The molecular weight excluding hydrogens is 289 g/mol. The smallest absolute Gasteiger partial charge is 0.134 e. The van der Waals surface area contributed by atoms with Gasteiger partial charge < -0.3 is 10.2 Å². The van der Waals surface area contributed by atoms with Crippen molar-refractivity contribution in [2.75, 3.05) is 0 Å². The van der Waals surface area contributed by atoms with Gasteiger partial charge in [0.1, 0.15) is 17.2 Å². The van der Waals surface area contributed by atoms with Crippen LogP contribution in [0.1, 0.15) is 22.9 Å². The van der Waals surface area contributed by atoms with Gasteiger partial charge in [0.2, 0.25) is 0 Å². The maximum atomic E-state index is 13.3. The van der Waals surface area contributed by atoms with Crippen molar-refractivity contribution < 1.29 is 8.81 Å². The normalized spacial score (nSPS) is 12.8. The Balaban J connectivity index is 1.92. The molecule has 0 aliphatic heterocycles. The third-order valence-electron chi connectivity index (χ3n) is 3.64. The summed E-state index contributed by atoms with van der Waals surface area (Å²) < 4.78 is 19.1. The zero-order valence-corrected chi connectivity index (χ0v) is 12.3. The van der Waals surface area contributed by atoms with Crippen molar-refractivity contribution in [1.82, 2.24) is 0 Å². The van der Waals surface area contributed by atoms with Crippen molar-refractivity contribution in [2.45, 2.75) is 19.4 Å². The van der Waals surface area contributed by atoms with Gasteiger partial charge in [-0.3, -0.25) is 0 Å². The molecule has 0 aliphatic rings. The zero-order valence-electron chi connectivity index (χ0n) is 11.6. The van der Waals surface area contributed by atoms with Crippen LogP contribution < -0.4 is 5.73 Å². The minimum atomic E-state index is -0.276. The van der Waals surface area contributed by atoms with Crippen LogP contribution in [0.2, 0.25) is 5.02 Å². The van der Waals surface area contributed by atoms with Crippen LogP contribution in [0.25, 0.3) is 11.0 Å². The predicted molar refractivity (Wildman–Crippen MR) is 83.0 cm³/mol. The Morgan fingerprint density at radius 2 is 1.90 bits per heavy atom. The summed E-state index contributed by atoms with van der Waals surface area (Å²) in [5, 5.41) is 1.47. The van der Waals surface area contributed by atoms with E-state index < -0.39 is 0 Å². The molecule has 108 valence electrons. The van der Waals surface area contributed by atoms with E-state index in [1.54, 1.807) is 6.07 Å². The van der Waals surface area contributed by atoms with Gasteiger partial charge >= 0.3 is 0 Å². The van der Waals surface area contributed by atoms with E-state index in [9.17, 15) is 4.39 Å². The van der Waals surface area contributed by atoms with E-state index in [4.69, 9.17) is 21.8 Å². The Kier molecular flexibility index (Phi) is 3.70. The first-order valence-electron chi connectivity index (χ1n) is 6.73. The topological polar surface area (TPSA) is 39.2 Å². The van der Waals surface area contributed by atoms with Gasteiger partial charge in [0.25, 0.3) is 0 Å². The van der Waals surface area contributed by atoms with E-state index in [0.29, 0.717) is 22.8 Å². The third-order valence-corrected chi connectivity index (χ3v) is 3.89. The number of hydrogen-bond donors (Lipinski definition) is 1. The largest absolute Gasteiger partial charge is 0.459 e. The summed E-state index contributed by atoms with van der Waals surface area (Å²) in [4.78, 5) is 0. The molecule has 0 saturated carbocycles. The summed E-state index contributed by atoms with van der Waals surface area (Å²) in [6.45, 7) is 1.91. The SMILES string of the molecule is Cc1c(C(N)Cc2ccc(Cl)cc2)oc2ccc(F)cc12. The van der Waals surface area contributed by atoms with Gasteiger partial charge in [0.15, 0.2) is 0 Å². The molecule has 0 fully saturated rings. The molecule has 1 atom stereocenters. The lowest BCUT2D eigenvalue weighted by atomic mass is 10.0. The average molecular weight is 304 g/mol. The van der Waals surface area contributed by atoms with Crippen LogP contribution in [0.5, 0.6) is 0 Å². The highest BCUT2D eigenvalue weighted by atomic mass is 35.5. The van der Waals surface area contributed by atoms with Crippen LogP contribution in [0.4, 0.5) is 4.39 Å². The van der Waals surface area contributed by atoms with Crippen LogP contribution in [0.15, 0.2) is 46.9 Å². The van der Waals surface area contributed by atoms with Gasteiger partial charge in [0, 0.05) is 16.0 Å². The number of hydrogen-bond acceptors (Lipinski definition) is 2. The number of furan rings is 1. The standard InChI is InChI=1S/C17H15ClFNO/c1-10-14-9-13(19)6-7-16(14)21-17(10)15(20)8-11-2-4-12(18)5-3-11/h2-7,9,15H,8,20H2,1H3. The van der Waals surface area contributed by atoms with Crippen molar-refractivity contribution in [1.29, 1.82) is 0 Å². The van der Waals surface area contributed by atoms with Crippen LogP contribution in [-0.4, -0.2) is 0 Å². The molecule has 1 aromatic heterocycles. The van der Waals surface area contributed by atoms with Crippen LogP contribution in [0.3, 0.4) is 0 Å². The molecule has 21 heavy (non-hydrogen) atoms. The molecule has 0 spiro atoms. The second-order valence-corrected chi connectivity index (χ2v) is 5.61. The first kappa shape index (κ1) is 14.1. The van der Waals surface area contributed by atoms with Crippen LogP contribution >= 0.6 is 11.6 Å². The predicted octanol–water partition coefficient (Wildman–Crippen LogP) is 4.78. The van der Waals surface area contributed by atoms with Crippen molar-refractivity contribution >= 4 is 22.6 Å². The summed E-state index contributed by atoms with van der Waals surface area (Å²) in [6, 6.07) is 11.8. The number of aryl methyl sites for hydroxylation is 1. The molecule has 1 unspecified atom stereocenters. The monoisotopic (exact) mass is 303 g/mol. The summed E-state index contributed by atoms with van der Waals surface area (Å²) in [7, 11) is 0. The molecule has 0 bridgehead atoms. The molecule has 4 heteroatoms. The number of rotatable bonds is 3. The minimum Gasteiger partial charge on any atom is -0.459 e. The molecule has 0 aliphatic carbocycles. The lowest BCUT2D eigenvalue weighted by Crippen LogP contribution is -2.13. The summed E-state index contributed by atoms with van der Waals surface area (Å²) in [5.41, 5.74) is 8.89. The summed E-state index contributed by atoms with van der Waals surface area (Å²) in [6.07, 6.45) is 0.639.